The van der Waals surface area contributed by atoms with E-state index >= 15 is 0 Å². The number of halogens is 1. The second-order valence-electron chi connectivity index (χ2n) is 8.33. The summed E-state index contributed by atoms with van der Waals surface area (Å²) in [4.78, 5) is 11.4. The highest BCUT2D eigenvalue weighted by Gasteiger charge is 2.28. The minimum absolute atomic E-state index is 0.0607. The monoisotopic (exact) mass is 394 g/mol. The van der Waals surface area contributed by atoms with Gasteiger partial charge in [0.15, 0.2) is 5.78 Å². The van der Waals surface area contributed by atoms with Crippen LogP contribution in [0, 0.1) is 17.7 Å². The van der Waals surface area contributed by atoms with Crippen molar-refractivity contribution in [3.05, 3.63) is 112 Å². The van der Waals surface area contributed by atoms with Gasteiger partial charge >= 0.3 is 0 Å². The zero-order chi connectivity index (χ0) is 21.3. The first-order valence-electron chi connectivity index (χ1n) is 10.1. The summed E-state index contributed by atoms with van der Waals surface area (Å²) in [7, 11) is 0. The fourth-order valence-corrected chi connectivity index (χ4v) is 3.93. The van der Waals surface area contributed by atoms with E-state index in [1.54, 1.807) is 6.07 Å². The van der Waals surface area contributed by atoms with Gasteiger partial charge in [-0.2, -0.15) is 0 Å². The molecule has 148 valence electrons. The Bertz CT molecular complexity index is 1220. The van der Waals surface area contributed by atoms with Crippen LogP contribution >= 0.6 is 0 Å². The van der Waals surface area contributed by atoms with E-state index in [4.69, 9.17) is 0 Å². The van der Waals surface area contributed by atoms with E-state index in [-0.39, 0.29) is 16.8 Å². The van der Waals surface area contributed by atoms with E-state index in [9.17, 15) is 9.18 Å². The maximum atomic E-state index is 14.1. The average Bonchev–Trinajstić information content (AvgIpc) is 2.72. The molecule has 0 radical (unpaired) electrons. The van der Waals surface area contributed by atoms with E-state index in [1.165, 1.54) is 41.3 Å². The summed E-state index contributed by atoms with van der Waals surface area (Å²) in [6.07, 6.45) is 3.29. The van der Waals surface area contributed by atoms with E-state index in [0.29, 0.717) is 5.56 Å². The average molecular weight is 394 g/mol. The Kier molecular flexibility index (Phi) is 5.14. The molecule has 0 aliphatic heterocycles. The highest BCUT2D eigenvalue weighted by Crippen LogP contribution is 2.41. The zero-order valence-corrected chi connectivity index (χ0v) is 17.4. The molecule has 30 heavy (non-hydrogen) atoms. The van der Waals surface area contributed by atoms with Crippen LogP contribution in [-0.4, -0.2) is 5.78 Å². The molecule has 3 aromatic carbocycles. The molecular weight excluding hydrogens is 371 g/mol. The number of Topliss-reactive ketones (excluding diaryl/α,β-unsaturated/α-hetero) is 1. The quantitative estimate of drug-likeness (QED) is 0.356. The first-order valence-corrected chi connectivity index (χ1v) is 10.1. The molecule has 0 atom stereocenters. The van der Waals surface area contributed by atoms with Gasteiger partial charge in [0.05, 0.1) is 5.56 Å². The van der Waals surface area contributed by atoms with Gasteiger partial charge in [-0.1, -0.05) is 68.2 Å². The number of ketones is 1. The van der Waals surface area contributed by atoms with Gasteiger partial charge in [-0.25, -0.2) is 4.39 Å². The molecule has 0 amide bonds. The molecule has 0 spiro atoms. The first-order chi connectivity index (χ1) is 14.3. The van der Waals surface area contributed by atoms with Crippen molar-refractivity contribution in [2.75, 3.05) is 0 Å². The molecule has 0 N–H and O–H groups in total. The standard InChI is InChI=1S/C28H23FO/c1-19(30)23-13-11-21(18-27(23)29)10-9-20-12-14-26-25(17-20)24(15-16-28(26,2)3)22-7-5-4-6-8-22/h4-8,11-15,17-18H,16H2,1-3H3. The lowest BCUT2D eigenvalue weighted by Crippen LogP contribution is -2.21. The SMILES string of the molecule is CC(=O)c1ccc(C#Cc2ccc3c(c2)C(c2ccccc2)=CCC3(C)C)cc1F. The number of carbonyl (C=O) groups excluding carboxylic acids is 1. The van der Waals surface area contributed by atoms with Gasteiger partial charge < -0.3 is 0 Å². The number of fused-ring (bicyclic) bond motifs is 1. The number of hydrogen-bond donors (Lipinski definition) is 0. The molecule has 0 fully saturated rings. The molecule has 0 unspecified atom stereocenters. The van der Waals surface area contributed by atoms with Crippen LogP contribution < -0.4 is 0 Å². The number of rotatable bonds is 2. The molecule has 1 aliphatic carbocycles. The molecule has 3 aromatic rings. The predicted octanol–water partition coefficient (Wildman–Crippen LogP) is 6.54. The molecule has 0 bridgehead atoms. The Balaban J connectivity index is 1.74. The summed E-state index contributed by atoms with van der Waals surface area (Å²) >= 11 is 0. The summed E-state index contributed by atoms with van der Waals surface area (Å²) in [5.41, 5.74) is 6.51. The Hall–Kier alpha value is -3.44. The van der Waals surface area contributed by atoms with Gasteiger partial charge in [0.1, 0.15) is 5.82 Å². The van der Waals surface area contributed by atoms with E-state index in [2.05, 4.69) is 68.2 Å². The van der Waals surface area contributed by atoms with Crippen LogP contribution in [0.5, 0.6) is 0 Å². The number of benzene rings is 3. The molecule has 0 aromatic heterocycles. The molecular formula is C28H23FO. The third kappa shape index (κ3) is 3.84. The van der Waals surface area contributed by atoms with Gasteiger partial charge in [0.2, 0.25) is 0 Å². The Morgan fingerprint density at radius 1 is 0.933 bits per heavy atom. The molecule has 0 heterocycles. The van der Waals surface area contributed by atoms with E-state index in [0.717, 1.165) is 12.0 Å². The maximum Gasteiger partial charge on any atom is 0.162 e. The van der Waals surface area contributed by atoms with Crippen molar-refractivity contribution in [1.82, 2.24) is 0 Å². The van der Waals surface area contributed by atoms with Gasteiger partial charge in [-0.15, -0.1) is 0 Å². The number of hydrogen-bond acceptors (Lipinski definition) is 1. The van der Waals surface area contributed by atoms with Crippen LogP contribution in [0.15, 0.2) is 72.8 Å². The van der Waals surface area contributed by atoms with Gasteiger partial charge in [-0.05, 0) is 71.4 Å². The molecule has 1 aliphatic rings. The first kappa shape index (κ1) is 19.9. The Morgan fingerprint density at radius 2 is 1.60 bits per heavy atom. The zero-order valence-electron chi connectivity index (χ0n) is 17.4. The molecule has 4 rings (SSSR count). The number of carbonyl (C=O) groups is 1. The fraction of sp³-hybridized carbons (Fsp3) is 0.179. The minimum Gasteiger partial charge on any atom is -0.294 e. The highest BCUT2D eigenvalue weighted by molar-refractivity contribution is 5.94. The third-order valence-electron chi connectivity index (χ3n) is 5.64. The summed E-state index contributed by atoms with van der Waals surface area (Å²) in [5, 5.41) is 0. The third-order valence-corrected chi connectivity index (χ3v) is 5.64. The number of allylic oxidation sites excluding steroid dienone is 1. The van der Waals surface area contributed by atoms with Crippen molar-refractivity contribution in [2.45, 2.75) is 32.6 Å². The second-order valence-corrected chi connectivity index (χ2v) is 8.33. The van der Waals surface area contributed by atoms with Crippen molar-refractivity contribution >= 4 is 11.4 Å². The normalized spacial score (nSPS) is 14.2. The summed E-state index contributed by atoms with van der Waals surface area (Å²) in [6, 6.07) is 21.2. The maximum absolute atomic E-state index is 14.1. The highest BCUT2D eigenvalue weighted by atomic mass is 19.1. The van der Waals surface area contributed by atoms with Crippen molar-refractivity contribution in [3.63, 3.8) is 0 Å². The molecule has 1 nitrogen and oxygen atoms in total. The summed E-state index contributed by atoms with van der Waals surface area (Å²) < 4.78 is 14.1. The Labute approximate surface area is 177 Å². The van der Waals surface area contributed by atoms with Crippen LogP contribution in [0.2, 0.25) is 0 Å². The minimum atomic E-state index is -0.532. The van der Waals surface area contributed by atoms with Gasteiger partial charge in [0, 0.05) is 11.1 Å². The van der Waals surface area contributed by atoms with Crippen LogP contribution in [0.3, 0.4) is 0 Å². The summed E-state index contributed by atoms with van der Waals surface area (Å²) in [6.45, 7) is 5.87. The molecule has 2 heteroatoms. The molecule has 0 saturated heterocycles. The lowest BCUT2D eigenvalue weighted by Gasteiger charge is -2.32. The predicted molar refractivity (Wildman–Crippen MR) is 120 cm³/mol. The van der Waals surface area contributed by atoms with Crippen LogP contribution in [0.1, 0.15) is 65.4 Å². The van der Waals surface area contributed by atoms with Crippen molar-refractivity contribution in [3.8, 4) is 11.8 Å². The Morgan fingerprint density at radius 3 is 2.27 bits per heavy atom. The van der Waals surface area contributed by atoms with Crippen LogP contribution in [0.25, 0.3) is 5.57 Å². The lowest BCUT2D eigenvalue weighted by molar-refractivity contribution is 0.101. The van der Waals surface area contributed by atoms with Crippen LogP contribution in [0.4, 0.5) is 4.39 Å². The lowest BCUT2D eigenvalue weighted by atomic mass is 9.72. The fourth-order valence-electron chi connectivity index (χ4n) is 3.93. The van der Waals surface area contributed by atoms with E-state index in [1.807, 2.05) is 12.1 Å². The second kappa shape index (κ2) is 7.76. The largest absolute Gasteiger partial charge is 0.294 e. The van der Waals surface area contributed by atoms with Crippen molar-refractivity contribution in [2.24, 2.45) is 0 Å². The smallest absolute Gasteiger partial charge is 0.162 e. The topological polar surface area (TPSA) is 17.1 Å². The van der Waals surface area contributed by atoms with Gasteiger partial charge in [0.25, 0.3) is 0 Å². The summed E-state index contributed by atoms with van der Waals surface area (Å²) in [5.74, 6) is 5.37. The van der Waals surface area contributed by atoms with Crippen LogP contribution in [-0.2, 0) is 5.41 Å². The van der Waals surface area contributed by atoms with E-state index < -0.39 is 5.82 Å². The van der Waals surface area contributed by atoms with Gasteiger partial charge in [-0.3, -0.25) is 4.79 Å². The van der Waals surface area contributed by atoms with Crippen molar-refractivity contribution < 1.29 is 9.18 Å². The van der Waals surface area contributed by atoms with Crippen molar-refractivity contribution in [1.29, 1.82) is 0 Å². The molecule has 0 saturated carbocycles.